The minimum atomic E-state index is -0.0452. The minimum Gasteiger partial charge on any atom is -0.423 e. The van der Waals surface area contributed by atoms with Gasteiger partial charge in [-0.1, -0.05) is 6.07 Å². The standard InChI is InChI=1S/C19H24N4O3/c24-18(20-15-12-22-6-4-13(15)5-7-22)14-2-1-3-16-17(14)21-19(26-16)23-8-10-25-11-9-23/h1-3,13,15H,4-12H2,(H,20,24)/t15-/m1/s1. The van der Waals surface area contributed by atoms with Crippen molar-refractivity contribution in [3.8, 4) is 0 Å². The smallest absolute Gasteiger partial charge is 0.298 e. The molecule has 2 bridgehead atoms. The number of morpholine rings is 1. The van der Waals surface area contributed by atoms with Gasteiger partial charge in [-0.3, -0.25) is 4.79 Å². The van der Waals surface area contributed by atoms with Gasteiger partial charge < -0.3 is 24.3 Å². The Labute approximate surface area is 152 Å². The van der Waals surface area contributed by atoms with E-state index in [9.17, 15) is 4.79 Å². The number of fused-ring (bicyclic) bond motifs is 4. The van der Waals surface area contributed by atoms with Gasteiger partial charge in [0.2, 0.25) is 0 Å². The Morgan fingerprint density at radius 2 is 1.96 bits per heavy atom. The highest BCUT2D eigenvalue weighted by molar-refractivity contribution is 6.04. The molecule has 6 rings (SSSR count). The molecule has 2 aromatic rings. The molecule has 1 amide bonds. The number of carbonyl (C=O) groups is 1. The fourth-order valence-corrected chi connectivity index (χ4v) is 4.38. The van der Waals surface area contributed by atoms with E-state index in [0.717, 1.165) is 19.6 Å². The van der Waals surface area contributed by atoms with Crippen molar-refractivity contribution in [1.29, 1.82) is 0 Å². The normalized spacial score (nSPS) is 28.5. The summed E-state index contributed by atoms with van der Waals surface area (Å²) < 4.78 is 11.3. The third kappa shape index (κ3) is 2.85. The van der Waals surface area contributed by atoms with E-state index in [0.29, 0.717) is 41.8 Å². The molecule has 4 saturated heterocycles. The highest BCUT2D eigenvalue weighted by Gasteiger charge is 2.35. The molecule has 5 heterocycles. The van der Waals surface area contributed by atoms with Crippen molar-refractivity contribution in [1.82, 2.24) is 15.2 Å². The molecule has 0 spiro atoms. The lowest BCUT2D eigenvalue weighted by molar-refractivity contribution is 0.0621. The van der Waals surface area contributed by atoms with Crippen molar-refractivity contribution >= 4 is 23.0 Å². The van der Waals surface area contributed by atoms with Gasteiger partial charge in [0, 0.05) is 25.7 Å². The molecule has 1 aromatic heterocycles. The van der Waals surface area contributed by atoms with Crippen LogP contribution in [0.1, 0.15) is 23.2 Å². The number of benzene rings is 1. The minimum absolute atomic E-state index is 0.0452. The Morgan fingerprint density at radius 3 is 2.69 bits per heavy atom. The number of nitrogens with zero attached hydrogens (tertiary/aromatic N) is 3. The van der Waals surface area contributed by atoms with Gasteiger partial charge >= 0.3 is 0 Å². The Hall–Kier alpha value is -2.12. The number of hydrogen-bond acceptors (Lipinski definition) is 6. The summed E-state index contributed by atoms with van der Waals surface area (Å²) in [7, 11) is 0. The van der Waals surface area contributed by atoms with Crippen LogP contribution >= 0.6 is 0 Å². The summed E-state index contributed by atoms with van der Waals surface area (Å²) in [6.07, 6.45) is 2.36. The van der Waals surface area contributed by atoms with Crippen LogP contribution in [-0.2, 0) is 4.74 Å². The van der Waals surface area contributed by atoms with E-state index in [4.69, 9.17) is 9.15 Å². The van der Waals surface area contributed by atoms with Gasteiger partial charge in [0.1, 0.15) is 5.52 Å². The molecule has 4 fully saturated rings. The van der Waals surface area contributed by atoms with E-state index in [2.05, 4.69) is 20.1 Å². The van der Waals surface area contributed by atoms with E-state index < -0.39 is 0 Å². The molecule has 0 saturated carbocycles. The van der Waals surface area contributed by atoms with Gasteiger partial charge in [-0.2, -0.15) is 4.98 Å². The van der Waals surface area contributed by atoms with Crippen molar-refractivity contribution in [2.45, 2.75) is 18.9 Å². The lowest BCUT2D eigenvalue weighted by atomic mass is 9.84. The van der Waals surface area contributed by atoms with Crippen molar-refractivity contribution in [3.05, 3.63) is 23.8 Å². The van der Waals surface area contributed by atoms with Gasteiger partial charge in [0.05, 0.1) is 18.8 Å². The molecular formula is C19H24N4O3. The molecule has 26 heavy (non-hydrogen) atoms. The third-order valence-electron chi connectivity index (χ3n) is 5.91. The second-order valence-electron chi connectivity index (χ2n) is 7.47. The van der Waals surface area contributed by atoms with E-state index >= 15 is 0 Å². The van der Waals surface area contributed by atoms with Gasteiger partial charge in [-0.05, 0) is 44.0 Å². The zero-order chi connectivity index (χ0) is 17.5. The molecule has 7 nitrogen and oxygen atoms in total. The number of para-hydroxylation sites is 1. The first kappa shape index (κ1) is 16.1. The Kier molecular flexibility index (Phi) is 4.05. The predicted octanol–water partition coefficient (Wildman–Crippen LogP) is 1.49. The molecule has 7 heteroatoms. The Morgan fingerprint density at radius 1 is 1.15 bits per heavy atom. The number of ether oxygens (including phenoxy) is 1. The zero-order valence-electron chi connectivity index (χ0n) is 14.8. The second-order valence-corrected chi connectivity index (χ2v) is 7.47. The van der Waals surface area contributed by atoms with Crippen molar-refractivity contribution in [2.24, 2.45) is 5.92 Å². The van der Waals surface area contributed by atoms with Gasteiger partial charge in [-0.25, -0.2) is 0 Å². The Bertz CT molecular complexity index is 806. The van der Waals surface area contributed by atoms with Gasteiger partial charge in [0.25, 0.3) is 11.9 Å². The Balaban J connectivity index is 1.39. The van der Waals surface area contributed by atoms with E-state index in [1.54, 1.807) is 0 Å². The lowest BCUT2D eigenvalue weighted by Crippen LogP contribution is -2.57. The number of rotatable bonds is 3. The number of hydrogen-bond donors (Lipinski definition) is 1. The maximum Gasteiger partial charge on any atom is 0.298 e. The monoisotopic (exact) mass is 356 g/mol. The van der Waals surface area contributed by atoms with Crippen LogP contribution in [0.25, 0.3) is 11.1 Å². The van der Waals surface area contributed by atoms with Crippen LogP contribution < -0.4 is 10.2 Å². The average molecular weight is 356 g/mol. The quantitative estimate of drug-likeness (QED) is 0.898. The topological polar surface area (TPSA) is 70.8 Å². The fourth-order valence-electron chi connectivity index (χ4n) is 4.38. The molecule has 1 aromatic carbocycles. The number of aromatic nitrogens is 1. The first-order valence-corrected chi connectivity index (χ1v) is 9.53. The summed E-state index contributed by atoms with van der Waals surface area (Å²) in [6.45, 7) is 6.15. The van der Waals surface area contributed by atoms with E-state index in [1.807, 2.05) is 18.2 Å². The summed E-state index contributed by atoms with van der Waals surface area (Å²) in [6, 6.07) is 6.39. The summed E-state index contributed by atoms with van der Waals surface area (Å²) in [5.74, 6) is 0.556. The van der Waals surface area contributed by atoms with Crippen LogP contribution in [0.3, 0.4) is 0 Å². The number of nitrogens with one attached hydrogen (secondary N) is 1. The largest absolute Gasteiger partial charge is 0.423 e. The van der Waals surface area contributed by atoms with Crippen LogP contribution in [-0.4, -0.2) is 67.8 Å². The van der Waals surface area contributed by atoms with Crippen LogP contribution in [0.4, 0.5) is 6.01 Å². The van der Waals surface area contributed by atoms with Crippen molar-refractivity contribution in [2.75, 3.05) is 50.8 Å². The molecule has 138 valence electrons. The predicted molar refractivity (Wildman–Crippen MR) is 97.5 cm³/mol. The summed E-state index contributed by atoms with van der Waals surface area (Å²) >= 11 is 0. The molecule has 4 aliphatic heterocycles. The lowest BCUT2D eigenvalue weighted by Gasteiger charge is -2.44. The highest BCUT2D eigenvalue weighted by Crippen LogP contribution is 2.29. The number of piperidine rings is 3. The molecule has 0 radical (unpaired) electrons. The number of amides is 1. The first-order chi connectivity index (χ1) is 12.8. The molecule has 1 atom stereocenters. The molecule has 0 aliphatic carbocycles. The summed E-state index contributed by atoms with van der Waals surface area (Å²) in [5, 5.41) is 3.25. The molecule has 0 unspecified atom stereocenters. The van der Waals surface area contributed by atoms with E-state index in [-0.39, 0.29) is 11.9 Å². The fraction of sp³-hybridized carbons (Fsp3) is 0.579. The average Bonchev–Trinajstić information content (AvgIpc) is 3.14. The van der Waals surface area contributed by atoms with Crippen LogP contribution in [0.15, 0.2) is 22.6 Å². The third-order valence-corrected chi connectivity index (χ3v) is 5.91. The van der Waals surface area contributed by atoms with Gasteiger partial charge in [0.15, 0.2) is 5.58 Å². The SMILES string of the molecule is O=C(N[C@@H]1CN2CCC1CC2)c1cccc2oc(N3CCOCC3)nc12. The van der Waals surface area contributed by atoms with Gasteiger partial charge in [-0.15, -0.1) is 0 Å². The first-order valence-electron chi connectivity index (χ1n) is 9.53. The van der Waals surface area contributed by atoms with E-state index in [1.165, 1.54) is 25.9 Å². The van der Waals surface area contributed by atoms with Crippen LogP contribution in [0.5, 0.6) is 0 Å². The molecular weight excluding hydrogens is 332 g/mol. The van der Waals surface area contributed by atoms with Crippen LogP contribution in [0, 0.1) is 5.92 Å². The number of oxazole rings is 1. The molecule has 4 aliphatic rings. The second kappa shape index (κ2) is 6.55. The highest BCUT2D eigenvalue weighted by atomic mass is 16.5. The molecule has 1 N–H and O–H groups in total. The van der Waals surface area contributed by atoms with Crippen molar-refractivity contribution < 1.29 is 13.9 Å². The number of anilines is 1. The summed E-state index contributed by atoms with van der Waals surface area (Å²) in [5.41, 5.74) is 1.91. The maximum absolute atomic E-state index is 12.9. The van der Waals surface area contributed by atoms with Crippen LogP contribution in [0.2, 0.25) is 0 Å². The number of carbonyl (C=O) groups excluding carboxylic acids is 1. The zero-order valence-corrected chi connectivity index (χ0v) is 14.8. The summed E-state index contributed by atoms with van der Waals surface area (Å²) in [4.78, 5) is 22.1. The maximum atomic E-state index is 12.9. The van der Waals surface area contributed by atoms with Crippen molar-refractivity contribution in [3.63, 3.8) is 0 Å².